The second-order valence-corrected chi connectivity index (χ2v) is 6.91. The molecule has 0 fully saturated rings. The highest BCUT2D eigenvalue weighted by Crippen LogP contribution is 2.23. The van der Waals surface area contributed by atoms with Gasteiger partial charge in [0.05, 0.1) is 0 Å². The van der Waals surface area contributed by atoms with E-state index in [0.717, 1.165) is 18.4 Å². The fraction of sp³-hybridized carbons (Fsp3) is 0.526. The molecule has 0 aliphatic carbocycles. The molecule has 2 rings (SSSR count). The number of anilines is 1. The lowest BCUT2D eigenvalue weighted by molar-refractivity contribution is 0.0258. The molecule has 130 valence electrons. The Hall–Kier alpha value is -2.19. The van der Waals surface area contributed by atoms with Crippen molar-refractivity contribution in [3.63, 3.8) is 0 Å². The molecule has 1 aliphatic rings. The second kappa shape index (κ2) is 7.59. The number of ether oxygens (including phenoxy) is 2. The summed E-state index contributed by atoms with van der Waals surface area (Å²) in [6.45, 7) is 7.28. The van der Waals surface area contributed by atoms with Gasteiger partial charge < -0.3 is 20.1 Å². The highest BCUT2D eigenvalue weighted by Gasteiger charge is 2.24. The number of methoxy groups -OCH3 is 1. The number of nitrogen functional groups attached to an aromatic ring is 1. The van der Waals surface area contributed by atoms with E-state index in [4.69, 9.17) is 15.2 Å². The van der Waals surface area contributed by atoms with E-state index in [-0.39, 0.29) is 6.09 Å². The monoisotopic (exact) mass is 330 g/mol. The standard InChI is InChI=1S/C19H26N2O3/c1-19(2,3)24-18(22)21-9-7-14-12-16(6-5-11-23-4)17(20)13-15(14)8-10-21/h12-13H,7-11,20H2,1-4H3. The molecule has 1 heterocycles. The van der Waals surface area contributed by atoms with Crippen molar-refractivity contribution in [3.8, 4) is 11.8 Å². The van der Waals surface area contributed by atoms with Crippen molar-refractivity contribution in [1.29, 1.82) is 0 Å². The Morgan fingerprint density at radius 1 is 1.25 bits per heavy atom. The van der Waals surface area contributed by atoms with Gasteiger partial charge in [-0.25, -0.2) is 4.79 Å². The van der Waals surface area contributed by atoms with E-state index >= 15 is 0 Å². The largest absolute Gasteiger partial charge is 0.444 e. The van der Waals surface area contributed by atoms with Crippen LogP contribution in [0, 0.1) is 11.8 Å². The summed E-state index contributed by atoms with van der Waals surface area (Å²) in [6.07, 6.45) is 1.28. The van der Waals surface area contributed by atoms with Crippen LogP contribution in [0.4, 0.5) is 10.5 Å². The molecule has 5 heteroatoms. The third-order valence-electron chi connectivity index (χ3n) is 3.77. The minimum atomic E-state index is -0.481. The minimum absolute atomic E-state index is 0.261. The number of benzene rings is 1. The summed E-state index contributed by atoms with van der Waals surface area (Å²) in [5.41, 5.74) is 9.48. The van der Waals surface area contributed by atoms with Crippen LogP contribution in [0.25, 0.3) is 0 Å². The van der Waals surface area contributed by atoms with E-state index in [2.05, 4.69) is 11.8 Å². The van der Waals surface area contributed by atoms with Crippen LogP contribution in [0.5, 0.6) is 0 Å². The molecule has 0 aromatic heterocycles. The molecule has 2 N–H and O–H groups in total. The molecular weight excluding hydrogens is 304 g/mol. The number of rotatable bonds is 1. The number of nitrogens with zero attached hydrogens (tertiary/aromatic N) is 1. The van der Waals surface area contributed by atoms with Gasteiger partial charge in [0.1, 0.15) is 12.2 Å². The van der Waals surface area contributed by atoms with Crippen LogP contribution >= 0.6 is 0 Å². The summed E-state index contributed by atoms with van der Waals surface area (Å²) in [5, 5.41) is 0. The fourth-order valence-electron chi connectivity index (χ4n) is 2.62. The van der Waals surface area contributed by atoms with E-state index in [0.29, 0.717) is 25.4 Å². The van der Waals surface area contributed by atoms with Crippen molar-refractivity contribution in [3.05, 3.63) is 28.8 Å². The number of fused-ring (bicyclic) bond motifs is 1. The Bertz CT molecular complexity index is 666. The zero-order valence-corrected chi connectivity index (χ0v) is 14.9. The zero-order chi connectivity index (χ0) is 17.7. The van der Waals surface area contributed by atoms with Gasteiger partial charge in [0.15, 0.2) is 0 Å². The van der Waals surface area contributed by atoms with Crippen LogP contribution in [0.3, 0.4) is 0 Å². The van der Waals surface area contributed by atoms with Gasteiger partial charge in [-0.1, -0.05) is 11.8 Å². The lowest BCUT2D eigenvalue weighted by atomic mass is 9.98. The maximum Gasteiger partial charge on any atom is 0.410 e. The van der Waals surface area contributed by atoms with Gasteiger partial charge in [0.2, 0.25) is 0 Å². The molecule has 1 aliphatic heterocycles. The molecule has 1 amide bonds. The predicted molar refractivity (Wildman–Crippen MR) is 94.8 cm³/mol. The smallest absolute Gasteiger partial charge is 0.410 e. The number of hydrogen-bond acceptors (Lipinski definition) is 4. The Labute approximate surface area is 144 Å². The number of carbonyl (C=O) groups excluding carboxylic acids is 1. The highest BCUT2D eigenvalue weighted by molar-refractivity contribution is 5.68. The molecular formula is C19H26N2O3. The van der Waals surface area contributed by atoms with E-state index in [9.17, 15) is 4.79 Å². The fourth-order valence-corrected chi connectivity index (χ4v) is 2.62. The Morgan fingerprint density at radius 3 is 2.46 bits per heavy atom. The molecule has 0 bridgehead atoms. The number of carbonyl (C=O) groups is 1. The Kier molecular flexibility index (Phi) is 5.74. The molecule has 24 heavy (non-hydrogen) atoms. The van der Waals surface area contributed by atoms with Crippen molar-refractivity contribution in [2.24, 2.45) is 0 Å². The van der Waals surface area contributed by atoms with Crippen molar-refractivity contribution in [2.75, 3.05) is 32.5 Å². The third-order valence-corrected chi connectivity index (χ3v) is 3.77. The van der Waals surface area contributed by atoms with Crippen molar-refractivity contribution in [2.45, 2.75) is 39.2 Å². The minimum Gasteiger partial charge on any atom is -0.444 e. The molecule has 1 aromatic rings. The van der Waals surface area contributed by atoms with E-state index in [1.54, 1.807) is 12.0 Å². The molecule has 0 unspecified atom stereocenters. The van der Waals surface area contributed by atoms with Crippen LogP contribution in [0.1, 0.15) is 37.5 Å². The first-order valence-electron chi connectivity index (χ1n) is 8.17. The molecule has 0 radical (unpaired) electrons. The Balaban J connectivity index is 2.13. The summed E-state index contributed by atoms with van der Waals surface area (Å²) in [7, 11) is 1.61. The second-order valence-electron chi connectivity index (χ2n) is 6.91. The van der Waals surface area contributed by atoms with Crippen LogP contribution in [0.2, 0.25) is 0 Å². The van der Waals surface area contributed by atoms with Gasteiger partial charge in [-0.05, 0) is 56.9 Å². The summed E-state index contributed by atoms with van der Waals surface area (Å²) in [5.74, 6) is 5.97. The van der Waals surface area contributed by atoms with Crippen molar-refractivity contribution >= 4 is 11.8 Å². The Morgan fingerprint density at radius 2 is 1.88 bits per heavy atom. The summed E-state index contributed by atoms with van der Waals surface area (Å²) in [6, 6.07) is 4.01. The van der Waals surface area contributed by atoms with Crippen LogP contribution in [-0.2, 0) is 22.3 Å². The van der Waals surface area contributed by atoms with E-state index in [1.165, 1.54) is 11.1 Å². The first kappa shape index (κ1) is 18.2. The van der Waals surface area contributed by atoms with Gasteiger partial charge in [-0.3, -0.25) is 0 Å². The average Bonchev–Trinajstić information content (AvgIpc) is 2.68. The summed E-state index contributed by atoms with van der Waals surface area (Å²) >= 11 is 0. The van der Waals surface area contributed by atoms with Crippen LogP contribution < -0.4 is 5.73 Å². The maximum atomic E-state index is 12.3. The molecule has 0 saturated heterocycles. The van der Waals surface area contributed by atoms with Crippen LogP contribution in [0.15, 0.2) is 12.1 Å². The first-order valence-corrected chi connectivity index (χ1v) is 8.17. The lowest BCUT2D eigenvalue weighted by Gasteiger charge is -2.26. The lowest BCUT2D eigenvalue weighted by Crippen LogP contribution is -2.38. The molecule has 1 aromatic carbocycles. The van der Waals surface area contributed by atoms with Gasteiger partial charge in [0.25, 0.3) is 0 Å². The van der Waals surface area contributed by atoms with Crippen molar-refractivity contribution < 1.29 is 14.3 Å². The number of amides is 1. The molecule has 0 spiro atoms. The van der Waals surface area contributed by atoms with Gasteiger partial charge in [-0.15, -0.1) is 0 Å². The highest BCUT2D eigenvalue weighted by atomic mass is 16.6. The summed E-state index contributed by atoms with van der Waals surface area (Å²) in [4.78, 5) is 14.0. The first-order chi connectivity index (χ1) is 11.3. The zero-order valence-electron chi connectivity index (χ0n) is 14.9. The van der Waals surface area contributed by atoms with Gasteiger partial charge in [0, 0.05) is 31.5 Å². The predicted octanol–water partition coefficient (Wildman–Crippen LogP) is 2.60. The van der Waals surface area contributed by atoms with Gasteiger partial charge >= 0.3 is 6.09 Å². The SMILES string of the molecule is COCC#Cc1cc2c(cc1N)CCN(C(=O)OC(C)(C)C)CC2. The number of hydrogen-bond donors (Lipinski definition) is 1. The summed E-state index contributed by atoms with van der Waals surface area (Å²) < 4.78 is 10.4. The average molecular weight is 330 g/mol. The molecule has 5 nitrogen and oxygen atoms in total. The topological polar surface area (TPSA) is 64.8 Å². The quantitative estimate of drug-likeness (QED) is 0.635. The third kappa shape index (κ3) is 4.90. The molecule has 0 atom stereocenters. The van der Waals surface area contributed by atoms with Gasteiger partial charge in [-0.2, -0.15) is 0 Å². The molecule has 0 saturated carbocycles. The van der Waals surface area contributed by atoms with Crippen molar-refractivity contribution in [1.82, 2.24) is 4.90 Å². The maximum absolute atomic E-state index is 12.3. The van der Waals surface area contributed by atoms with E-state index < -0.39 is 5.60 Å². The van der Waals surface area contributed by atoms with Crippen LogP contribution in [-0.4, -0.2) is 43.4 Å². The van der Waals surface area contributed by atoms with E-state index in [1.807, 2.05) is 32.9 Å². The number of nitrogens with two attached hydrogens (primary N) is 1. The normalized spacial score (nSPS) is 14.2.